The number of hydrogen-bond acceptors (Lipinski definition) is 6. The maximum absolute atomic E-state index is 14.8. The number of ether oxygens (including phenoxy) is 2. The summed E-state index contributed by atoms with van der Waals surface area (Å²) in [5.41, 5.74) is -0.417. The van der Waals surface area contributed by atoms with Gasteiger partial charge in [0.1, 0.15) is 11.0 Å². The van der Waals surface area contributed by atoms with Crippen molar-refractivity contribution in [2.24, 2.45) is 5.41 Å². The predicted molar refractivity (Wildman–Crippen MR) is 142 cm³/mol. The Bertz CT molecular complexity index is 1680. The molecule has 0 bridgehead atoms. The van der Waals surface area contributed by atoms with E-state index in [2.05, 4.69) is 0 Å². The fourth-order valence-corrected chi connectivity index (χ4v) is 7.50. The largest absolute Gasteiger partial charge is 0.493 e. The third-order valence-corrected chi connectivity index (χ3v) is 8.93. The molecule has 4 aromatic rings. The Hall–Kier alpha value is -4.29. The van der Waals surface area contributed by atoms with Gasteiger partial charge in [0.05, 0.1) is 14.2 Å². The Labute approximate surface area is 219 Å². The number of likely N-dealkylation sites (tertiary alicyclic amines) is 1. The Balaban J connectivity index is 1.59. The summed E-state index contributed by atoms with van der Waals surface area (Å²) in [6.07, 6.45) is 0. The lowest BCUT2D eigenvalue weighted by Gasteiger charge is -2.43. The monoisotopic (exact) mass is 503 g/mol. The average Bonchev–Trinajstić information content (AvgIpc) is 3.47. The Kier molecular flexibility index (Phi) is 4.59. The van der Waals surface area contributed by atoms with Crippen molar-refractivity contribution >= 4 is 28.1 Å². The quantitative estimate of drug-likeness (QED) is 0.365. The summed E-state index contributed by atoms with van der Waals surface area (Å²) in [7, 11) is 4.97. The topological polar surface area (TPSA) is 72.9 Å². The predicted octanol–water partition coefficient (Wildman–Crippen LogP) is 5.04. The lowest BCUT2D eigenvalue weighted by atomic mass is 9.57. The lowest BCUT2D eigenvalue weighted by Crippen LogP contribution is -2.59. The van der Waals surface area contributed by atoms with Crippen LogP contribution in [0.1, 0.15) is 48.1 Å². The molecule has 3 aliphatic rings. The summed E-state index contributed by atoms with van der Waals surface area (Å²) in [5, 5.41) is 1.73. The molecule has 0 N–H and O–H groups in total. The zero-order chi connectivity index (χ0) is 26.4. The van der Waals surface area contributed by atoms with Gasteiger partial charge in [0.25, 0.3) is 0 Å². The van der Waals surface area contributed by atoms with E-state index in [1.807, 2.05) is 60.5 Å². The number of nitrogens with zero attached hydrogens (tertiary/aromatic N) is 1. The average molecular weight is 504 g/mol. The van der Waals surface area contributed by atoms with Crippen LogP contribution in [0.4, 0.5) is 0 Å². The summed E-state index contributed by atoms with van der Waals surface area (Å²) in [6, 6.07) is 23.9. The van der Waals surface area contributed by atoms with Crippen molar-refractivity contribution in [2.45, 2.75) is 11.5 Å². The number of carbonyl (C=O) groups is 3. The van der Waals surface area contributed by atoms with E-state index in [1.165, 1.54) is 0 Å². The molecule has 1 saturated heterocycles. The molecule has 0 amide bonds. The van der Waals surface area contributed by atoms with Crippen molar-refractivity contribution in [1.82, 2.24) is 4.90 Å². The molecular weight excluding hydrogens is 478 g/mol. The van der Waals surface area contributed by atoms with Gasteiger partial charge in [-0.25, -0.2) is 0 Å². The number of methoxy groups -OCH3 is 2. The lowest BCUT2D eigenvalue weighted by molar-refractivity contribution is 0.0320. The number of benzene rings is 4. The highest BCUT2D eigenvalue weighted by Crippen LogP contribution is 2.67. The first kappa shape index (κ1) is 22.9. The van der Waals surface area contributed by atoms with Gasteiger partial charge in [-0.1, -0.05) is 66.7 Å². The van der Waals surface area contributed by atoms with Crippen molar-refractivity contribution in [3.05, 3.63) is 107 Å². The molecule has 188 valence electrons. The van der Waals surface area contributed by atoms with Gasteiger partial charge in [0, 0.05) is 29.2 Å². The molecule has 38 heavy (non-hydrogen) atoms. The first-order chi connectivity index (χ1) is 18.4. The van der Waals surface area contributed by atoms with E-state index in [-0.39, 0.29) is 17.3 Å². The molecule has 7 rings (SSSR count). The Morgan fingerprint density at radius 3 is 2.03 bits per heavy atom. The van der Waals surface area contributed by atoms with Crippen LogP contribution >= 0.6 is 0 Å². The van der Waals surface area contributed by atoms with Crippen LogP contribution in [0.25, 0.3) is 10.8 Å². The highest BCUT2D eigenvalue weighted by molar-refractivity contribution is 6.36. The molecule has 0 aromatic heterocycles. The van der Waals surface area contributed by atoms with Gasteiger partial charge >= 0.3 is 0 Å². The zero-order valence-electron chi connectivity index (χ0n) is 21.3. The van der Waals surface area contributed by atoms with Crippen LogP contribution in [0.5, 0.6) is 11.5 Å². The van der Waals surface area contributed by atoms with Crippen LogP contribution in [0.3, 0.4) is 0 Å². The van der Waals surface area contributed by atoms with E-state index in [9.17, 15) is 14.4 Å². The van der Waals surface area contributed by atoms with E-state index in [0.717, 1.165) is 21.9 Å². The van der Waals surface area contributed by atoms with E-state index in [0.29, 0.717) is 34.7 Å². The minimum absolute atomic E-state index is 0.204. The normalized spacial score (nSPS) is 23.1. The van der Waals surface area contributed by atoms with Crippen molar-refractivity contribution < 1.29 is 23.9 Å². The number of Topliss-reactive ketones (excluding diaryl/α,β-unsaturated/α-hetero) is 3. The van der Waals surface area contributed by atoms with Gasteiger partial charge in [0.15, 0.2) is 28.8 Å². The van der Waals surface area contributed by atoms with Crippen molar-refractivity contribution in [2.75, 3.05) is 27.8 Å². The minimum Gasteiger partial charge on any atom is -0.493 e. The molecule has 0 radical (unpaired) electrons. The number of carbonyl (C=O) groups excluding carboxylic acids is 3. The summed E-state index contributed by atoms with van der Waals surface area (Å²) in [4.78, 5) is 46.2. The molecule has 1 aliphatic heterocycles. The molecule has 0 saturated carbocycles. The summed E-state index contributed by atoms with van der Waals surface area (Å²) < 4.78 is 11.0. The van der Waals surface area contributed by atoms with Crippen LogP contribution in [0, 0.1) is 5.41 Å². The second-order valence-electron chi connectivity index (χ2n) is 10.3. The smallest absolute Gasteiger partial charge is 0.189 e. The first-order valence-corrected chi connectivity index (χ1v) is 12.6. The standard InChI is InChI=1S/C32H25NO5/c1-33-17-24(19-14-15-25(37-2)26(16-19)38-3)31(28(34)20-10-4-5-11-21(20)29(31)35)32(33)23-13-7-9-18-8-6-12-22(27(18)23)30(32)36/h4-16,24H,17H2,1-3H3/t24-,32-/m0/s1. The van der Waals surface area contributed by atoms with Crippen molar-refractivity contribution in [3.63, 3.8) is 0 Å². The van der Waals surface area contributed by atoms with Gasteiger partial charge in [-0.2, -0.15) is 0 Å². The molecule has 6 nitrogen and oxygen atoms in total. The number of hydrogen-bond donors (Lipinski definition) is 0. The summed E-state index contributed by atoms with van der Waals surface area (Å²) in [5.74, 6) is -0.367. The molecule has 2 atom stereocenters. The fourth-order valence-electron chi connectivity index (χ4n) is 7.50. The van der Waals surface area contributed by atoms with E-state index in [1.54, 1.807) is 44.6 Å². The Morgan fingerprint density at radius 2 is 1.37 bits per heavy atom. The second kappa shape index (κ2) is 7.62. The molecule has 1 heterocycles. The Morgan fingerprint density at radius 1 is 0.737 bits per heavy atom. The molecule has 6 heteroatoms. The van der Waals surface area contributed by atoms with E-state index in [4.69, 9.17) is 9.47 Å². The van der Waals surface area contributed by atoms with E-state index >= 15 is 0 Å². The molecule has 1 fully saturated rings. The molecule has 4 aromatic carbocycles. The van der Waals surface area contributed by atoms with Crippen LogP contribution < -0.4 is 9.47 Å². The summed E-state index contributed by atoms with van der Waals surface area (Å²) >= 11 is 0. The van der Waals surface area contributed by atoms with Crippen LogP contribution in [0.15, 0.2) is 78.9 Å². The maximum atomic E-state index is 14.8. The number of likely N-dealkylation sites (N-methyl/N-ethyl adjacent to an activating group) is 1. The number of rotatable bonds is 3. The molecule has 0 unspecified atom stereocenters. The number of ketones is 3. The molecular formula is C32H25NO5. The third-order valence-electron chi connectivity index (χ3n) is 8.93. The minimum atomic E-state index is -1.69. The second-order valence-corrected chi connectivity index (χ2v) is 10.3. The highest BCUT2D eigenvalue weighted by Gasteiger charge is 2.78. The molecule has 2 aliphatic carbocycles. The van der Waals surface area contributed by atoms with Crippen molar-refractivity contribution in [3.8, 4) is 11.5 Å². The zero-order valence-corrected chi connectivity index (χ0v) is 21.3. The van der Waals surface area contributed by atoms with Crippen LogP contribution in [0.2, 0.25) is 0 Å². The van der Waals surface area contributed by atoms with Gasteiger partial charge in [0.2, 0.25) is 0 Å². The van der Waals surface area contributed by atoms with Gasteiger partial charge < -0.3 is 9.47 Å². The first-order valence-electron chi connectivity index (χ1n) is 12.6. The molecule has 2 spiro atoms. The maximum Gasteiger partial charge on any atom is 0.189 e. The van der Waals surface area contributed by atoms with Gasteiger partial charge in [-0.15, -0.1) is 0 Å². The fraction of sp³-hybridized carbons (Fsp3) is 0.219. The van der Waals surface area contributed by atoms with Gasteiger partial charge in [-0.05, 0) is 41.1 Å². The van der Waals surface area contributed by atoms with E-state index < -0.39 is 16.9 Å². The SMILES string of the molecule is COc1ccc([C@@H]2CN(C)[C@@]3(C(=O)c4cccc5cccc3c45)C23C(=O)c2ccccc2C3=O)cc1OC. The van der Waals surface area contributed by atoms with Crippen LogP contribution in [-0.4, -0.2) is 50.1 Å². The third kappa shape index (κ3) is 2.35. The highest BCUT2D eigenvalue weighted by atomic mass is 16.5. The number of fused-ring (bicyclic) bond motifs is 3. The summed E-state index contributed by atoms with van der Waals surface area (Å²) in [6.45, 7) is 0.330. The van der Waals surface area contributed by atoms with Crippen LogP contribution in [-0.2, 0) is 5.54 Å². The van der Waals surface area contributed by atoms with Crippen molar-refractivity contribution in [1.29, 1.82) is 0 Å². The van der Waals surface area contributed by atoms with Gasteiger partial charge in [-0.3, -0.25) is 19.3 Å².